The molecule has 5 rings (SSSR count). The number of amides is 2. The molecule has 1 N–H and O–H groups in total. The first-order valence-corrected chi connectivity index (χ1v) is 14.2. The molecule has 1 aromatic heterocycles. The molecule has 2 aromatic carbocycles. The molecule has 2 aliphatic heterocycles. The molecule has 38 heavy (non-hydrogen) atoms. The Morgan fingerprint density at radius 2 is 1.84 bits per heavy atom. The number of aryl methyl sites for hydroxylation is 1. The van der Waals surface area contributed by atoms with E-state index < -0.39 is 6.04 Å². The summed E-state index contributed by atoms with van der Waals surface area (Å²) in [7, 11) is 1.60. The van der Waals surface area contributed by atoms with Crippen LogP contribution in [-0.4, -0.2) is 78.4 Å². The molecular formula is C30H36N4O3S. The second-order valence-electron chi connectivity index (χ2n) is 10.1. The number of thiophene rings is 1. The van der Waals surface area contributed by atoms with Gasteiger partial charge in [0.1, 0.15) is 11.8 Å². The zero-order chi connectivity index (χ0) is 26.5. The molecule has 0 aliphatic carbocycles. The largest absolute Gasteiger partial charge is 0.497 e. The third kappa shape index (κ3) is 6.09. The number of ether oxygens (including phenoxy) is 1. The van der Waals surface area contributed by atoms with Gasteiger partial charge in [-0.3, -0.25) is 14.5 Å². The number of benzene rings is 2. The van der Waals surface area contributed by atoms with Crippen molar-refractivity contribution in [2.24, 2.45) is 0 Å². The molecule has 2 unspecified atom stereocenters. The fourth-order valence-corrected chi connectivity index (χ4v) is 6.13. The van der Waals surface area contributed by atoms with Crippen molar-refractivity contribution in [3.8, 4) is 5.75 Å². The Bertz CT molecular complexity index is 1220. The maximum absolute atomic E-state index is 13.9. The first-order valence-electron chi connectivity index (χ1n) is 13.3. The van der Waals surface area contributed by atoms with E-state index in [0.717, 1.165) is 26.2 Å². The highest BCUT2D eigenvalue weighted by atomic mass is 32.1. The molecule has 2 saturated heterocycles. The van der Waals surface area contributed by atoms with Crippen LogP contribution in [0.3, 0.4) is 0 Å². The number of hydrogen-bond donors (Lipinski definition) is 1. The molecule has 2 aliphatic rings. The van der Waals surface area contributed by atoms with Crippen molar-refractivity contribution in [3.63, 3.8) is 0 Å². The fourth-order valence-electron chi connectivity index (χ4n) is 5.40. The molecule has 2 amide bonds. The fraction of sp³-hybridized carbons (Fsp3) is 0.400. The lowest BCUT2D eigenvalue weighted by atomic mass is 10.1. The van der Waals surface area contributed by atoms with Crippen molar-refractivity contribution < 1.29 is 14.3 Å². The highest BCUT2D eigenvalue weighted by Gasteiger charge is 2.43. The molecule has 2 atom stereocenters. The van der Waals surface area contributed by atoms with Gasteiger partial charge in [-0.2, -0.15) is 0 Å². The van der Waals surface area contributed by atoms with Crippen molar-refractivity contribution >= 4 is 23.2 Å². The summed E-state index contributed by atoms with van der Waals surface area (Å²) < 4.78 is 5.37. The van der Waals surface area contributed by atoms with Crippen molar-refractivity contribution in [2.75, 3.05) is 39.8 Å². The average Bonchev–Trinajstić information content (AvgIpc) is 3.64. The summed E-state index contributed by atoms with van der Waals surface area (Å²) in [5.74, 6) is 0.568. The molecule has 2 fully saturated rings. The Kier molecular flexibility index (Phi) is 8.42. The molecule has 3 heterocycles. The first-order chi connectivity index (χ1) is 18.5. The molecule has 0 spiro atoms. The van der Waals surface area contributed by atoms with Crippen molar-refractivity contribution in [2.45, 2.75) is 38.5 Å². The minimum Gasteiger partial charge on any atom is -0.497 e. The number of methoxy groups -OCH3 is 1. The third-order valence-corrected chi connectivity index (χ3v) is 8.39. The number of carbonyl (C=O) groups is 2. The van der Waals surface area contributed by atoms with Crippen LogP contribution in [0, 0.1) is 6.92 Å². The number of piperazine rings is 1. The van der Waals surface area contributed by atoms with Crippen LogP contribution in [0.5, 0.6) is 5.75 Å². The second kappa shape index (κ2) is 12.1. The number of nitrogens with one attached hydrogen (secondary N) is 1. The molecule has 7 nitrogen and oxygen atoms in total. The van der Waals surface area contributed by atoms with E-state index in [9.17, 15) is 9.59 Å². The molecular weight excluding hydrogens is 496 g/mol. The van der Waals surface area contributed by atoms with Crippen LogP contribution in [0.4, 0.5) is 0 Å². The maximum Gasteiger partial charge on any atom is 0.254 e. The van der Waals surface area contributed by atoms with Gasteiger partial charge in [-0.05, 0) is 48.6 Å². The number of hydrogen-bond acceptors (Lipinski definition) is 6. The van der Waals surface area contributed by atoms with E-state index in [4.69, 9.17) is 4.74 Å². The van der Waals surface area contributed by atoms with Gasteiger partial charge in [0.15, 0.2) is 0 Å². The SMILES string of the molecule is COc1cccc(C(=O)N2CC(N(Cc3ccc(C)cc3)Cc3cccs3)CC2C(=O)N2CCNCC2)c1. The number of carbonyl (C=O) groups excluding carboxylic acids is 2. The van der Waals surface area contributed by atoms with Crippen LogP contribution in [0.2, 0.25) is 0 Å². The van der Waals surface area contributed by atoms with Crippen molar-refractivity contribution in [1.82, 2.24) is 20.0 Å². The van der Waals surface area contributed by atoms with Gasteiger partial charge in [0.25, 0.3) is 5.91 Å². The first kappa shape index (κ1) is 26.4. The Morgan fingerprint density at radius 3 is 2.55 bits per heavy atom. The summed E-state index contributed by atoms with van der Waals surface area (Å²) in [6.45, 7) is 7.05. The van der Waals surface area contributed by atoms with Gasteiger partial charge in [0.2, 0.25) is 5.91 Å². The van der Waals surface area contributed by atoms with Gasteiger partial charge in [-0.15, -0.1) is 11.3 Å². The monoisotopic (exact) mass is 532 g/mol. The van der Waals surface area contributed by atoms with E-state index in [1.54, 1.807) is 35.5 Å². The summed E-state index contributed by atoms with van der Waals surface area (Å²) in [5, 5.41) is 5.42. The lowest BCUT2D eigenvalue weighted by Crippen LogP contribution is -2.53. The smallest absolute Gasteiger partial charge is 0.254 e. The van der Waals surface area contributed by atoms with Crippen LogP contribution in [0.15, 0.2) is 66.0 Å². The maximum atomic E-state index is 13.9. The van der Waals surface area contributed by atoms with E-state index in [2.05, 4.69) is 58.9 Å². The average molecular weight is 533 g/mol. The molecule has 8 heteroatoms. The zero-order valence-corrected chi connectivity index (χ0v) is 23.0. The van der Waals surface area contributed by atoms with Gasteiger partial charge in [-0.1, -0.05) is 42.0 Å². The molecule has 0 radical (unpaired) electrons. The van der Waals surface area contributed by atoms with E-state index in [1.165, 1.54) is 16.0 Å². The lowest BCUT2D eigenvalue weighted by molar-refractivity contribution is -0.135. The topological polar surface area (TPSA) is 65.1 Å². The second-order valence-corrected chi connectivity index (χ2v) is 11.2. The normalized spacial score (nSPS) is 19.7. The van der Waals surface area contributed by atoms with Gasteiger partial charge < -0.3 is 19.9 Å². The predicted octanol–water partition coefficient (Wildman–Crippen LogP) is 3.78. The third-order valence-electron chi connectivity index (χ3n) is 7.53. The highest BCUT2D eigenvalue weighted by Crippen LogP contribution is 2.30. The number of rotatable bonds is 8. The lowest BCUT2D eigenvalue weighted by Gasteiger charge is -2.32. The standard InChI is InChI=1S/C30H36N4O3S/c1-22-8-10-23(11-9-22)19-33(21-27-7-4-16-38-27)25-18-28(30(36)32-14-12-31-13-15-32)34(20-25)29(35)24-5-3-6-26(17-24)37-2/h3-11,16-17,25,28,31H,12-15,18-21H2,1-2H3. The Morgan fingerprint density at radius 1 is 1.05 bits per heavy atom. The quantitative estimate of drug-likeness (QED) is 0.478. The van der Waals surface area contributed by atoms with Crippen LogP contribution in [0.25, 0.3) is 0 Å². The van der Waals surface area contributed by atoms with Crippen molar-refractivity contribution in [3.05, 3.63) is 87.6 Å². The predicted molar refractivity (Wildman–Crippen MR) is 150 cm³/mol. The molecule has 3 aromatic rings. The van der Waals surface area contributed by atoms with Crippen LogP contribution in [-0.2, 0) is 17.9 Å². The Labute approximate surface area is 229 Å². The summed E-state index contributed by atoms with van der Waals surface area (Å²) in [5.41, 5.74) is 3.01. The summed E-state index contributed by atoms with van der Waals surface area (Å²) in [4.78, 5) is 35.1. The highest BCUT2D eigenvalue weighted by molar-refractivity contribution is 7.09. The summed E-state index contributed by atoms with van der Waals surface area (Å²) >= 11 is 1.74. The van der Waals surface area contributed by atoms with Gasteiger partial charge in [0, 0.05) is 62.3 Å². The number of nitrogens with zero attached hydrogens (tertiary/aromatic N) is 3. The van der Waals surface area contributed by atoms with Crippen molar-refractivity contribution in [1.29, 1.82) is 0 Å². The molecule has 0 saturated carbocycles. The minimum absolute atomic E-state index is 0.0525. The van der Waals surface area contributed by atoms with E-state index in [1.807, 2.05) is 17.0 Å². The van der Waals surface area contributed by atoms with Crippen LogP contribution >= 0.6 is 11.3 Å². The van der Waals surface area contributed by atoms with Gasteiger partial charge in [-0.25, -0.2) is 0 Å². The Balaban J connectivity index is 1.44. The van der Waals surface area contributed by atoms with Gasteiger partial charge >= 0.3 is 0 Å². The van der Waals surface area contributed by atoms with Crippen LogP contribution in [0.1, 0.15) is 32.8 Å². The molecule has 200 valence electrons. The van der Waals surface area contributed by atoms with E-state index >= 15 is 0 Å². The van der Waals surface area contributed by atoms with Crippen LogP contribution < -0.4 is 10.1 Å². The zero-order valence-electron chi connectivity index (χ0n) is 22.1. The summed E-state index contributed by atoms with van der Waals surface area (Å²) in [6, 6.07) is 19.7. The van der Waals surface area contributed by atoms with Gasteiger partial charge in [0.05, 0.1) is 7.11 Å². The van der Waals surface area contributed by atoms with E-state index in [-0.39, 0.29) is 17.9 Å². The summed E-state index contributed by atoms with van der Waals surface area (Å²) in [6.07, 6.45) is 0.621. The molecule has 0 bridgehead atoms. The van der Waals surface area contributed by atoms with E-state index in [0.29, 0.717) is 37.4 Å². The minimum atomic E-state index is -0.486. The number of likely N-dealkylation sites (tertiary alicyclic amines) is 1. The Hall–Kier alpha value is -3.20.